The largest absolute Gasteiger partial charge is 0.372 e. The van der Waals surface area contributed by atoms with Crippen molar-refractivity contribution in [2.75, 3.05) is 37.0 Å². The number of aromatic nitrogens is 2. The van der Waals surface area contributed by atoms with E-state index in [-0.39, 0.29) is 0 Å². The molecule has 0 atom stereocenters. The highest BCUT2D eigenvalue weighted by Gasteiger charge is 2.14. The first-order chi connectivity index (χ1) is 12.1. The highest BCUT2D eigenvalue weighted by molar-refractivity contribution is 5.49. The third-order valence-electron chi connectivity index (χ3n) is 5.03. The Balaban J connectivity index is 1.57. The van der Waals surface area contributed by atoms with Crippen molar-refractivity contribution in [3.63, 3.8) is 0 Å². The lowest BCUT2D eigenvalue weighted by molar-refractivity contribution is 0.578. The molecule has 0 saturated carbocycles. The van der Waals surface area contributed by atoms with Crippen molar-refractivity contribution in [2.45, 2.75) is 39.3 Å². The third-order valence-corrected chi connectivity index (χ3v) is 5.03. The molecule has 25 heavy (non-hydrogen) atoms. The Hall–Kier alpha value is -2.01. The van der Waals surface area contributed by atoms with Crippen LogP contribution in [0.1, 0.15) is 36.1 Å². The van der Waals surface area contributed by atoms with Crippen LogP contribution in [0.5, 0.6) is 0 Å². The highest BCUT2D eigenvalue weighted by atomic mass is 15.4. The van der Waals surface area contributed by atoms with Crippen LogP contribution in [-0.2, 0) is 20.1 Å². The van der Waals surface area contributed by atoms with Crippen molar-refractivity contribution < 1.29 is 0 Å². The Morgan fingerprint density at radius 1 is 1.04 bits per heavy atom. The van der Waals surface area contributed by atoms with Crippen LogP contribution in [0.25, 0.3) is 0 Å². The number of nitrogens with zero attached hydrogens (tertiary/aromatic N) is 4. The second-order valence-corrected chi connectivity index (χ2v) is 7.22. The van der Waals surface area contributed by atoms with Gasteiger partial charge in [0, 0.05) is 58.6 Å². The quantitative estimate of drug-likeness (QED) is 0.876. The number of hydrogen-bond donors (Lipinski definition) is 1. The molecule has 0 bridgehead atoms. The third kappa shape index (κ3) is 4.15. The van der Waals surface area contributed by atoms with Gasteiger partial charge in [-0.3, -0.25) is 4.68 Å². The van der Waals surface area contributed by atoms with Gasteiger partial charge >= 0.3 is 0 Å². The van der Waals surface area contributed by atoms with Crippen molar-refractivity contribution in [3.05, 3.63) is 41.1 Å². The first-order valence-corrected chi connectivity index (χ1v) is 9.30. The van der Waals surface area contributed by atoms with Crippen molar-refractivity contribution >= 4 is 11.5 Å². The summed E-state index contributed by atoms with van der Waals surface area (Å²) in [5, 5.41) is 8.12. The topological polar surface area (TPSA) is 36.3 Å². The number of anilines is 2. The Bertz CT molecular complexity index is 681. The molecule has 1 saturated heterocycles. The minimum absolute atomic E-state index is 0.834. The summed E-state index contributed by atoms with van der Waals surface area (Å²) in [5.74, 6) is 1.17. The number of aryl methyl sites for hydroxylation is 2. The molecule has 1 fully saturated rings. The van der Waals surface area contributed by atoms with Crippen LogP contribution >= 0.6 is 0 Å². The average molecular weight is 342 g/mol. The van der Waals surface area contributed by atoms with Gasteiger partial charge in [0.2, 0.25) is 0 Å². The molecule has 2 aromatic rings. The van der Waals surface area contributed by atoms with Crippen LogP contribution < -0.4 is 15.1 Å². The fourth-order valence-electron chi connectivity index (χ4n) is 3.76. The molecular formula is C20H31N5. The van der Waals surface area contributed by atoms with Crippen LogP contribution in [0.4, 0.5) is 11.5 Å². The van der Waals surface area contributed by atoms with E-state index in [2.05, 4.69) is 65.5 Å². The van der Waals surface area contributed by atoms with E-state index in [1.165, 1.54) is 55.0 Å². The summed E-state index contributed by atoms with van der Waals surface area (Å²) in [6, 6.07) is 9.03. The summed E-state index contributed by atoms with van der Waals surface area (Å²) in [4.78, 5) is 4.63. The van der Waals surface area contributed by atoms with Crippen LogP contribution in [0.15, 0.2) is 24.3 Å². The summed E-state index contributed by atoms with van der Waals surface area (Å²) in [7, 11) is 6.14. The van der Waals surface area contributed by atoms with Gasteiger partial charge < -0.3 is 15.1 Å². The second-order valence-electron chi connectivity index (χ2n) is 7.22. The fourth-order valence-corrected chi connectivity index (χ4v) is 3.76. The molecule has 1 aliphatic rings. The number of hydrogen-bond acceptors (Lipinski definition) is 4. The zero-order valence-electron chi connectivity index (χ0n) is 16.0. The van der Waals surface area contributed by atoms with Crippen LogP contribution in [0.2, 0.25) is 0 Å². The summed E-state index contributed by atoms with van der Waals surface area (Å²) in [5.41, 5.74) is 5.06. The molecule has 1 aromatic heterocycles. The molecule has 2 heterocycles. The summed E-state index contributed by atoms with van der Waals surface area (Å²) < 4.78 is 1.96. The lowest BCUT2D eigenvalue weighted by Gasteiger charge is -2.28. The molecule has 5 heteroatoms. The zero-order chi connectivity index (χ0) is 17.8. The summed E-state index contributed by atoms with van der Waals surface area (Å²) in [6.45, 7) is 6.19. The van der Waals surface area contributed by atoms with E-state index >= 15 is 0 Å². The highest BCUT2D eigenvalue weighted by Crippen LogP contribution is 2.22. The van der Waals surface area contributed by atoms with Gasteiger partial charge in [0.1, 0.15) is 5.82 Å². The van der Waals surface area contributed by atoms with Crippen molar-refractivity contribution in [2.24, 2.45) is 7.05 Å². The van der Waals surface area contributed by atoms with Crippen LogP contribution in [0.3, 0.4) is 0 Å². The molecule has 0 unspecified atom stereocenters. The number of piperidine rings is 1. The van der Waals surface area contributed by atoms with Gasteiger partial charge in [0.15, 0.2) is 0 Å². The predicted octanol–water partition coefficient (Wildman–Crippen LogP) is 3.07. The Morgan fingerprint density at radius 3 is 2.36 bits per heavy atom. The lowest BCUT2D eigenvalue weighted by atomic mass is 10.1. The van der Waals surface area contributed by atoms with Crippen molar-refractivity contribution in [1.29, 1.82) is 0 Å². The summed E-state index contributed by atoms with van der Waals surface area (Å²) in [6.07, 6.45) is 4.02. The van der Waals surface area contributed by atoms with E-state index in [1.54, 1.807) is 0 Å². The second kappa shape index (κ2) is 7.91. The molecule has 3 rings (SSSR count). The van der Waals surface area contributed by atoms with E-state index in [0.717, 1.165) is 18.8 Å². The first-order valence-electron chi connectivity index (χ1n) is 9.30. The number of rotatable bonds is 6. The Morgan fingerprint density at radius 2 is 1.72 bits per heavy atom. The maximum Gasteiger partial charge on any atom is 0.130 e. The normalized spacial score (nSPS) is 14.8. The van der Waals surface area contributed by atoms with Gasteiger partial charge in [-0.1, -0.05) is 12.1 Å². The van der Waals surface area contributed by atoms with Gasteiger partial charge in [-0.05, 0) is 43.9 Å². The Labute approximate surface area is 151 Å². The van der Waals surface area contributed by atoms with E-state index in [4.69, 9.17) is 0 Å². The molecular weight excluding hydrogens is 310 g/mol. The van der Waals surface area contributed by atoms with E-state index in [1.807, 2.05) is 11.7 Å². The monoisotopic (exact) mass is 341 g/mol. The van der Waals surface area contributed by atoms with Crippen LogP contribution in [0, 0.1) is 6.92 Å². The van der Waals surface area contributed by atoms with Gasteiger partial charge in [-0.15, -0.1) is 0 Å². The zero-order valence-corrected chi connectivity index (χ0v) is 16.0. The summed E-state index contributed by atoms with van der Waals surface area (Å²) >= 11 is 0. The van der Waals surface area contributed by atoms with Crippen LogP contribution in [-0.4, -0.2) is 37.0 Å². The van der Waals surface area contributed by atoms with Gasteiger partial charge in [0.25, 0.3) is 0 Å². The van der Waals surface area contributed by atoms with Crippen molar-refractivity contribution in [1.82, 2.24) is 15.1 Å². The number of benzene rings is 1. The standard InChI is InChI=1S/C20H31N5/c1-16-19(20(23(2)3)24(4)22-16)15-21-14-17-8-10-18(11-9-17)25-12-6-5-7-13-25/h8-11,21H,5-7,12-15H2,1-4H3. The van der Waals surface area contributed by atoms with Gasteiger partial charge in [0.05, 0.1) is 5.69 Å². The fraction of sp³-hybridized carbons (Fsp3) is 0.550. The molecule has 0 radical (unpaired) electrons. The number of nitrogens with one attached hydrogen (secondary N) is 1. The van der Waals surface area contributed by atoms with E-state index in [0.29, 0.717) is 0 Å². The molecule has 0 amide bonds. The maximum absolute atomic E-state index is 4.55. The van der Waals surface area contributed by atoms with E-state index < -0.39 is 0 Å². The molecule has 1 aromatic carbocycles. The first kappa shape index (κ1) is 17.8. The van der Waals surface area contributed by atoms with Gasteiger partial charge in [-0.25, -0.2) is 0 Å². The van der Waals surface area contributed by atoms with Crippen molar-refractivity contribution in [3.8, 4) is 0 Å². The Kier molecular flexibility index (Phi) is 5.63. The lowest BCUT2D eigenvalue weighted by Crippen LogP contribution is -2.29. The minimum atomic E-state index is 0.834. The van der Waals surface area contributed by atoms with Gasteiger partial charge in [-0.2, -0.15) is 5.10 Å². The van der Waals surface area contributed by atoms with E-state index in [9.17, 15) is 0 Å². The average Bonchev–Trinajstić information content (AvgIpc) is 2.90. The molecule has 5 nitrogen and oxygen atoms in total. The molecule has 1 aliphatic heterocycles. The molecule has 0 spiro atoms. The smallest absolute Gasteiger partial charge is 0.130 e. The maximum atomic E-state index is 4.55. The SMILES string of the molecule is Cc1nn(C)c(N(C)C)c1CNCc1ccc(N2CCCCC2)cc1. The molecule has 136 valence electrons. The molecule has 0 aliphatic carbocycles. The molecule has 1 N–H and O–H groups in total. The predicted molar refractivity (Wildman–Crippen MR) is 105 cm³/mol. The minimum Gasteiger partial charge on any atom is -0.372 e.